The number of aliphatic hydroxyl groups excluding tert-OH is 1. The largest absolute Gasteiger partial charge is 0.394 e. The highest BCUT2D eigenvalue weighted by atomic mass is 16.5. The third-order valence-corrected chi connectivity index (χ3v) is 4.54. The molecule has 3 N–H and O–H groups in total. The number of ether oxygens (including phenoxy) is 1. The van der Waals surface area contributed by atoms with Crippen LogP contribution < -0.4 is 10.6 Å². The lowest BCUT2D eigenvalue weighted by atomic mass is 10.2. The van der Waals surface area contributed by atoms with Crippen LogP contribution in [0, 0.1) is 5.92 Å². The van der Waals surface area contributed by atoms with Crippen molar-refractivity contribution in [2.45, 2.75) is 32.1 Å². The molecule has 0 saturated carbocycles. The fraction of sp³-hybridized carbons (Fsp3) is 0.562. The molecule has 2 aromatic heterocycles. The molecule has 4 rings (SSSR count). The number of imidazole rings is 1. The van der Waals surface area contributed by atoms with Crippen LogP contribution in [0.5, 0.6) is 0 Å². The van der Waals surface area contributed by atoms with E-state index in [0.29, 0.717) is 12.5 Å². The predicted molar refractivity (Wildman–Crippen MR) is 89.3 cm³/mol. The van der Waals surface area contributed by atoms with Gasteiger partial charge in [0, 0.05) is 12.2 Å². The molecule has 0 spiro atoms. The fourth-order valence-corrected chi connectivity index (χ4v) is 3.27. The Morgan fingerprint density at radius 3 is 3.04 bits per heavy atom. The molecule has 8 heteroatoms. The molecule has 4 heterocycles. The number of hydrogen-bond acceptors (Lipinski definition) is 7. The summed E-state index contributed by atoms with van der Waals surface area (Å²) in [6.07, 6.45) is 6.97. The van der Waals surface area contributed by atoms with Crippen LogP contribution in [0.25, 0.3) is 11.2 Å². The minimum atomic E-state index is -0.130. The molecule has 1 fully saturated rings. The molecule has 3 atom stereocenters. The van der Waals surface area contributed by atoms with Gasteiger partial charge in [-0.15, -0.1) is 0 Å². The summed E-state index contributed by atoms with van der Waals surface area (Å²) in [7, 11) is 0. The highest BCUT2D eigenvalue weighted by molar-refractivity contribution is 5.82. The van der Waals surface area contributed by atoms with Gasteiger partial charge >= 0.3 is 0 Å². The smallest absolute Gasteiger partial charge is 0.167 e. The Morgan fingerprint density at radius 2 is 2.29 bits per heavy atom. The van der Waals surface area contributed by atoms with Crippen molar-refractivity contribution in [2.75, 3.05) is 25.0 Å². The first-order chi connectivity index (χ1) is 11.7. The number of nitrogens with zero attached hydrogens (tertiary/aromatic N) is 4. The lowest BCUT2D eigenvalue weighted by Gasteiger charge is -2.14. The van der Waals surface area contributed by atoms with Crippen LogP contribution >= 0.6 is 0 Å². The van der Waals surface area contributed by atoms with Gasteiger partial charge in [-0.05, 0) is 18.8 Å². The fourth-order valence-electron chi connectivity index (χ4n) is 3.27. The Morgan fingerprint density at radius 1 is 1.38 bits per heavy atom. The first-order valence-corrected chi connectivity index (χ1v) is 8.37. The zero-order valence-corrected chi connectivity index (χ0v) is 13.6. The quantitative estimate of drug-likeness (QED) is 0.753. The van der Waals surface area contributed by atoms with E-state index in [2.05, 4.69) is 38.6 Å². The molecular formula is C16H22N6O2. The Bertz CT molecular complexity index is 758. The van der Waals surface area contributed by atoms with Crippen molar-refractivity contribution in [2.24, 2.45) is 5.92 Å². The van der Waals surface area contributed by atoms with Gasteiger partial charge < -0.3 is 20.5 Å². The van der Waals surface area contributed by atoms with E-state index in [-0.39, 0.29) is 18.9 Å². The van der Waals surface area contributed by atoms with Gasteiger partial charge in [0.25, 0.3) is 0 Å². The summed E-state index contributed by atoms with van der Waals surface area (Å²) >= 11 is 0. The summed E-state index contributed by atoms with van der Waals surface area (Å²) in [5.41, 5.74) is 2.66. The standard InChI is InChI=1S/C16H22N6O2/c1-10-4-11(17-5-10)6-18-15-14-16(20-8-19-15)22(9-21-14)13-3-2-12(7-23)24-13/h4,8-10,12-13,17,23H,2-3,5-7H2,1H3,(H,18,19,20). The van der Waals surface area contributed by atoms with Crippen LogP contribution in [0.2, 0.25) is 0 Å². The van der Waals surface area contributed by atoms with E-state index in [1.807, 2.05) is 4.57 Å². The van der Waals surface area contributed by atoms with Crippen molar-refractivity contribution in [3.63, 3.8) is 0 Å². The Kier molecular flexibility index (Phi) is 4.07. The molecule has 2 aromatic rings. The average Bonchev–Trinajstić information content (AvgIpc) is 3.31. The van der Waals surface area contributed by atoms with Crippen molar-refractivity contribution >= 4 is 17.0 Å². The summed E-state index contributed by atoms with van der Waals surface area (Å²) in [5.74, 6) is 1.28. The number of nitrogens with one attached hydrogen (secondary N) is 2. The van der Waals surface area contributed by atoms with Gasteiger partial charge in [0.15, 0.2) is 17.0 Å². The van der Waals surface area contributed by atoms with Gasteiger partial charge in [-0.25, -0.2) is 15.0 Å². The number of fused-ring (bicyclic) bond motifs is 1. The molecule has 2 aliphatic rings. The van der Waals surface area contributed by atoms with E-state index >= 15 is 0 Å². The summed E-state index contributed by atoms with van der Waals surface area (Å²) in [5, 5.41) is 15.9. The van der Waals surface area contributed by atoms with E-state index in [0.717, 1.165) is 36.4 Å². The lowest BCUT2D eigenvalue weighted by molar-refractivity contribution is -0.0207. The molecule has 128 valence electrons. The van der Waals surface area contributed by atoms with Gasteiger partial charge in [0.1, 0.15) is 12.6 Å². The maximum atomic E-state index is 9.23. The molecule has 1 saturated heterocycles. The second-order valence-corrected chi connectivity index (χ2v) is 6.42. The SMILES string of the molecule is CC1C=C(CNc2ncnc3c2ncn3C2CCC(CO)O2)NC1. The van der Waals surface area contributed by atoms with Crippen LogP contribution in [-0.2, 0) is 4.74 Å². The predicted octanol–water partition coefficient (Wildman–Crippen LogP) is 1.03. The maximum absolute atomic E-state index is 9.23. The van der Waals surface area contributed by atoms with Crippen molar-refractivity contribution < 1.29 is 9.84 Å². The van der Waals surface area contributed by atoms with E-state index in [1.54, 1.807) is 12.7 Å². The van der Waals surface area contributed by atoms with E-state index in [9.17, 15) is 5.11 Å². The number of aliphatic hydroxyl groups is 1. The number of anilines is 1. The molecule has 2 aliphatic heterocycles. The van der Waals surface area contributed by atoms with Gasteiger partial charge in [-0.2, -0.15) is 0 Å². The number of rotatable bonds is 5. The molecule has 8 nitrogen and oxygen atoms in total. The lowest BCUT2D eigenvalue weighted by Crippen LogP contribution is -2.17. The zero-order chi connectivity index (χ0) is 16.5. The minimum absolute atomic E-state index is 0.0471. The van der Waals surface area contributed by atoms with Crippen LogP contribution in [-0.4, -0.2) is 50.4 Å². The van der Waals surface area contributed by atoms with Crippen LogP contribution in [0.4, 0.5) is 5.82 Å². The topological polar surface area (TPSA) is 97.1 Å². The first kappa shape index (κ1) is 15.3. The molecule has 24 heavy (non-hydrogen) atoms. The van der Waals surface area contributed by atoms with Crippen molar-refractivity contribution in [1.29, 1.82) is 0 Å². The summed E-state index contributed by atoms with van der Waals surface area (Å²) in [4.78, 5) is 13.2. The third-order valence-electron chi connectivity index (χ3n) is 4.54. The highest BCUT2D eigenvalue weighted by Gasteiger charge is 2.27. The van der Waals surface area contributed by atoms with Crippen molar-refractivity contribution in [1.82, 2.24) is 24.8 Å². The molecule has 0 aromatic carbocycles. The molecule has 0 aliphatic carbocycles. The van der Waals surface area contributed by atoms with Gasteiger partial charge in [0.05, 0.1) is 25.6 Å². The van der Waals surface area contributed by atoms with E-state index < -0.39 is 0 Å². The average molecular weight is 330 g/mol. The Labute approximate surface area is 140 Å². The third kappa shape index (κ3) is 2.83. The molecular weight excluding hydrogens is 308 g/mol. The summed E-state index contributed by atoms with van der Waals surface area (Å²) in [6.45, 7) is 3.91. The van der Waals surface area contributed by atoms with E-state index in [1.165, 1.54) is 5.70 Å². The normalized spacial score (nSPS) is 26.6. The number of hydrogen-bond donors (Lipinski definition) is 3. The Hall–Kier alpha value is -2.19. The second kappa shape index (κ2) is 6.37. The van der Waals surface area contributed by atoms with Crippen LogP contribution in [0.15, 0.2) is 24.4 Å². The monoisotopic (exact) mass is 330 g/mol. The zero-order valence-electron chi connectivity index (χ0n) is 13.6. The highest BCUT2D eigenvalue weighted by Crippen LogP contribution is 2.31. The van der Waals surface area contributed by atoms with E-state index in [4.69, 9.17) is 4.74 Å². The molecule has 0 amide bonds. The molecule has 0 radical (unpaired) electrons. The minimum Gasteiger partial charge on any atom is -0.394 e. The maximum Gasteiger partial charge on any atom is 0.167 e. The van der Waals surface area contributed by atoms with Gasteiger partial charge in [-0.3, -0.25) is 4.57 Å². The van der Waals surface area contributed by atoms with Gasteiger partial charge in [0.2, 0.25) is 0 Å². The summed E-state index contributed by atoms with van der Waals surface area (Å²) < 4.78 is 7.75. The van der Waals surface area contributed by atoms with Crippen molar-refractivity contribution in [3.05, 3.63) is 24.4 Å². The summed E-state index contributed by atoms with van der Waals surface area (Å²) in [6, 6.07) is 0. The van der Waals surface area contributed by atoms with Crippen LogP contribution in [0.3, 0.4) is 0 Å². The van der Waals surface area contributed by atoms with Crippen molar-refractivity contribution in [3.8, 4) is 0 Å². The first-order valence-electron chi connectivity index (χ1n) is 8.37. The second-order valence-electron chi connectivity index (χ2n) is 6.42. The van der Waals surface area contributed by atoms with Crippen LogP contribution in [0.1, 0.15) is 26.0 Å². The molecule has 3 unspecified atom stereocenters. The number of aromatic nitrogens is 4. The van der Waals surface area contributed by atoms with Gasteiger partial charge in [-0.1, -0.05) is 13.0 Å². The Balaban J connectivity index is 1.54. The molecule has 0 bridgehead atoms.